The molecule has 4 nitrogen and oxygen atoms in total. The van der Waals surface area contributed by atoms with Crippen LogP contribution in [0.15, 0.2) is 30.3 Å². The zero-order valence-corrected chi connectivity index (χ0v) is 12.4. The van der Waals surface area contributed by atoms with Crippen molar-refractivity contribution in [1.82, 2.24) is 5.32 Å². The SMILES string of the molecule is CCC(=O)C[C@@H](NC(=O)OCc1ccccc1)C(C)C. The van der Waals surface area contributed by atoms with E-state index in [0.29, 0.717) is 12.8 Å². The van der Waals surface area contributed by atoms with Gasteiger partial charge in [0.1, 0.15) is 12.4 Å². The highest BCUT2D eigenvalue weighted by molar-refractivity contribution is 5.79. The minimum absolute atomic E-state index is 0.145. The summed E-state index contributed by atoms with van der Waals surface area (Å²) >= 11 is 0. The molecule has 1 aromatic rings. The summed E-state index contributed by atoms with van der Waals surface area (Å²) in [5.74, 6) is 0.335. The molecule has 0 saturated carbocycles. The Kier molecular flexibility index (Phi) is 6.77. The van der Waals surface area contributed by atoms with Gasteiger partial charge in [-0.3, -0.25) is 4.79 Å². The fourth-order valence-corrected chi connectivity index (χ4v) is 1.76. The van der Waals surface area contributed by atoms with Crippen LogP contribution >= 0.6 is 0 Å². The molecule has 1 atom stereocenters. The van der Waals surface area contributed by atoms with Gasteiger partial charge in [0.15, 0.2) is 0 Å². The molecule has 0 fully saturated rings. The van der Waals surface area contributed by atoms with Gasteiger partial charge in [0.2, 0.25) is 0 Å². The number of Topliss-reactive ketones (excluding diaryl/α,β-unsaturated/α-hetero) is 1. The number of amides is 1. The lowest BCUT2D eigenvalue weighted by Crippen LogP contribution is -2.40. The van der Waals surface area contributed by atoms with Crippen molar-refractivity contribution < 1.29 is 14.3 Å². The Hall–Kier alpha value is -1.84. The Morgan fingerprint density at radius 3 is 2.40 bits per heavy atom. The Balaban J connectivity index is 2.44. The molecule has 0 saturated heterocycles. The van der Waals surface area contributed by atoms with Gasteiger partial charge in [-0.1, -0.05) is 51.1 Å². The lowest BCUT2D eigenvalue weighted by atomic mass is 9.98. The van der Waals surface area contributed by atoms with Crippen LogP contribution in [0.4, 0.5) is 4.79 Å². The number of benzene rings is 1. The van der Waals surface area contributed by atoms with Crippen LogP contribution < -0.4 is 5.32 Å². The standard InChI is InChI=1S/C16H23NO3/c1-4-14(18)10-15(12(2)3)17-16(19)20-11-13-8-6-5-7-9-13/h5-9,12,15H,4,10-11H2,1-3H3,(H,17,19)/t15-/m1/s1. The van der Waals surface area contributed by atoms with E-state index < -0.39 is 6.09 Å². The van der Waals surface area contributed by atoms with Crippen molar-refractivity contribution >= 4 is 11.9 Å². The lowest BCUT2D eigenvalue weighted by molar-refractivity contribution is -0.119. The maximum atomic E-state index is 11.8. The average molecular weight is 277 g/mol. The van der Waals surface area contributed by atoms with Crippen molar-refractivity contribution in [2.45, 2.75) is 46.3 Å². The largest absolute Gasteiger partial charge is 0.445 e. The molecule has 1 amide bonds. The van der Waals surface area contributed by atoms with Gasteiger partial charge in [0, 0.05) is 18.9 Å². The van der Waals surface area contributed by atoms with Gasteiger partial charge in [-0.2, -0.15) is 0 Å². The van der Waals surface area contributed by atoms with Crippen LogP contribution in [0.25, 0.3) is 0 Å². The van der Waals surface area contributed by atoms with Gasteiger partial charge in [0.05, 0.1) is 0 Å². The maximum absolute atomic E-state index is 11.8. The summed E-state index contributed by atoms with van der Waals surface area (Å²) in [5, 5.41) is 2.77. The van der Waals surface area contributed by atoms with Crippen molar-refractivity contribution in [2.75, 3.05) is 0 Å². The van der Waals surface area contributed by atoms with Crippen LogP contribution in [0.5, 0.6) is 0 Å². The van der Waals surface area contributed by atoms with E-state index in [2.05, 4.69) is 5.32 Å². The molecular weight excluding hydrogens is 254 g/mol. The van der Waals surface area contributed by atoms with E-state index in [1.165, 1.54) is 0 Å². The average Bonchev–Trinajstić information content (AvgIpc) is 2.45. The van der Waals surface area contributed by atoms with E-state index >= 15 is 0 Å². The number of rotatable bonds is 7. The summed E-state index contributed by atoms with van der Waals surface area (Å²) in [5.41, 5.74) is 0.938. The summed E-state index contributed by atoms with van der Waals surface area (Å²) in [7, 11) is 0. The molecule has 0 bridgehead atoms. The molecule has 0 spiro atoms. The van der Waals surface area contributed by atoms with Crippen LogP contribution in [0.2, 0.25) is 0 Å². The molecular formula is C16H23NO3. The Bertz CT molecular complexity index is 429. The molecule has 0 heterocycles. The van der Waals surface area contributed by atoms with Crippen LogP contribution in [0, 0.1) is 5.92 Å². The van der Waals surface area contributed by atoms with E-state index in [1.54, 1.807) is 0 Å². The first-order chi connectivity index (χ1) is 9.52. The zero-order valence-electron chi connectivity index (χ0n) is 12.4. The van der Waals surface area contributed by atoms with E-state index in [1.807, 2.05) is 51.1 Å². The second kappa shape index (κ2) is 8.35. The van der Waals surface area contributed by atoms with Crippen molar-refractivity contribution in [1.29, 1.82) is 0 Å². The molecule has 0 aliphatic heterocycles. The van der Waals surface area contributed by atoms with Gasteiger partial charge >= 0.3 is 6.09 Å². The van der Waals surface area contributed by atoms with Gasteiger partial charge in [0.25, 0.3) is 0 Å². The number of carbonyl (C=O) groups excluding carboxylic acids is 2. The van der Waals surface area contributed by atoms with Crippen LogP contribution in [-0.2, 0) is 16.1 Å². The summed E-state index contributed by atoms with van der Waals surface area (Å²) in [4.78, 5) is 23.3. The van der Waals surface area contributed by atoms with Crippen LogP contribution in [-0.4, -0.2) is 17.9 Å². The smallest absolute Gasteiger partial charge is 0.407 e. The highest BCUT2D eigenvalue weighted by Crippen LogP contribution is 2.09. The summed E-state index contributed by atoms with van der Waals surface area (Å²) in [6, 6.07) is 9.32. The molecule has 1 N–H and O–H groups in total. The number of alkyl carbamates (subject to hydrolysis) is 1. The van der Waals surface area contributed by atoms with E-state index in [9.17, 15) is 9.59 Å². The highest BCUT2D eigenvalue weighted by atomic mass is 16.5. The van der Waals surface area contributed by atoms with Crippen molar-refractivity contribution in [3.8, 4) is 0 Å². The third kappa shape index (κ3) is 5.87. The number of ether oxygens (including phenoxy) is 1. The Morgan fingerprint density at radius 2 is 1.85 bits per heavy atom. The molecule has 20 heavy (non-hydrogen) atoms. The molecule has 110 valence electrons. The summed E-state index contributed by atoms with van der Waals surface area (Å²) in [6.07, 6.45) is 0.370. The third-order valence-electron chi connectivity index (χ3n) is 3.16. The number of nitrogens with one attached hydrogen (secondary N) is 1. The topological polar surface area (TPSA) is 55.4 Å². The number of hydrogen-bond acceptors (Lipinski definition) is 3. The molecule has 0 unspecified atom stereocenters. The summed E-state index contributed by atoms with van der Waals surface area (Å²) < 4.78 is 5.16. The van der Waals surface area contributed by atoms with Crippen LogP contribution in [0.3, 0.4) is 0 Å². The zero-order chi connectivity index (χ0) is 15.0. The number of carbonyl (C=O) groups is 2. The van der Waals surface area contributed by atoms with E-state index in [-0.39, 0.29) is 24.3 Å². The van der Waals surface area contributed by atoms with Crippen molar-refractivity contribution in [3.05, 3.63) is 35.9 Å². The maximum Gasteiger partial charge on any atom is 0.407 e. The molecule has 1 aromatic carbocycles. The monoisotopic (exact) mass is 277 g/mol. The highest BCUT2D eigenvalue weighted by Gasteiger charge is 2.19. The van der Waals surface area contributed by atoms with E-state index in [4.69, 9.17) is 4.74 Å². The molecule has 1 rings (SSSR count). The van der Waals surface area contributed by atoms with E-state index in [0.717, 1.165) is 5.56 Å². The Morgan fingerprint density at radius 1 is 1.20 bits per heavy atom. The molecule has 0 aromatic heterocycles. The molecule has 4 heteroatoms. The van der Waals surface area contributed by atoms with Gasteiger partial charge in [-0.05, 0) is 11.5 Å². The number of ketones is 1. The predicted octanol–water partition coefficient (Wildman–Crippen LogP) is 3.31. The van der Waals surface area contributed by atoms with Crippen LogP contribution in [0.1, 0.15) is 39.2 Å². The first-order valence-corrected chi connectivity index (χ1v) is 7.01. The molecule has 0 radical (unpaired) electrons. The van der Waals surface area contributed by atoms with Crippen molar-refractivity contribution in [3.63, 3.8) is 0 Å². The quantitative estimate of drug-likeness (QED) is 0.832. The normalized spacial score (nSPS) is 12.0. The van der Waals surface area contributed by atoms with Gasteiger partial charge in [-0.15, -0.1) is 0 Å². The number of hydrogen-bond donors (Lipinski definition) is 1. The minimum atomic E-state index is -0.476. The lowest BCUT2D eigenvalue weighted by Gasteiger charge is -2.21. The molecule has 0 aliphatic carbocycles. The Labute approximate surface area is 120 Å². The van der Waals surface area contributed by atoms with Crippen molar-refractivity contribution in [2.24, 2.45) is 5.92 Å². The first-order valence-electron chi connectivity index (χ1n) is 7.01. The summed E-state index contributed by atoms with van der Waals surface area (Å²) in [6.45, 7) is 6.02. The van der Waals surface area contributed by atoms with Gasteiger partial charge in [-0.25, -0.2) is 4.79 Å². The third-order valence-corrected chi connectivity index (χ3v) is 3.16. The first kappa shape index (κ1) is 16.2. The fourth-order valence-electron chi connectivity index (χ4n) is 1.76. The minimum Gasteiger partial charge on any atom is -0.445 e. The predicted molar refractivity (Wildman–Crippen MR) is 78.3 cm³/mol. The van der Waals surface area contributed by atoms with Gasteiger partial charge < -0.3 is 10.1 Å². The fraction of sp³-hybridized carbons (Fsp3) is 0.500. The second-order valence-electron chi connectivity index (χ2n) is 5.15. The second-order valence-corrected chi connectivity index (χ2v) is 5.15. The molecule has 0 aliphatic rings.